The Hall–Kier alpha value is -1.26. The zero-order valence-corrected chi connectivity index (χ0v) is 5.09. The molecule has 52 valence electrons. The van der Waals surface area contributed by atoms with Gasteiger partial charge in [0.1, 0.15) is 6.54 Å². The van der Waals surface area contributed by atoms with Crippen LogP contribution in [-0.4, -0.2) is 30.6 Å². The number of nitrogens with one attached hydrogen (secondary N) is 1. The fourth-order valence-electron chi connectivity index (χ4n) is 0.245. The molecular formula is C4H9N3O2. The second kappa shape index (κ2) is 3.71. The Morgan fingerprint density at radius 2 is 2.44 bits per heavy atom. The van der Waals surface area contributed by atoms with Crippen molar-refractivity contribution in [2.24, 2.45) is 10.7 Å². The highest BCUT2D eigenvalue weighted by atomic mass is 16.4. The van der Waals surface area contributed by atoms with Gasteiger partial charge in [-0.25, -0.2) is 0 Å². The number of nitrogens with two attached hydrogens (primary N) is 1. The third-order valence-corrected chi connectivity index (χ3v) is 0.662. The molecule has 0 aromatic rings. The SMILES string of the molecule is CN=C(N)NCC(=O)O. The van der Waals surface area contributed by atoms with Gasteiger partial charge >= 0.3 is 5.97 Å². The molecule has 0 radical (unpaired) electrons. The molecule has 5 nitrogen and oxygen atoms in total. The van der Waals surface area contributed by atoms with Crippen molar-refractivity contribution >= 4 is 11.9 Å². The summed E-state index contributed by atoms with van der Waals surface area (Å²) in [6.45, 7) is -0.191. The summed E-state index contributed by atoms with van der Waals surface area (Å²) in [5.41, 5.74) is 5.10. The van der Waals surface area contributed by atoms with Crippen LogP contribution in [0.2, 0.25) is 0 Å². The fourth-order valence-corrected chi connectivity index (χ4v) is 0.245. The van der Waals surface area contributed by atoms with Crippen molar-refractivity contribution in [1.82, 2.24) is 5.32 Å². The van der Waals surface area contributed by atoms with E-state index in [0.717, 1.165) is 0 Å². The van der Waals surface area contributed by atoms with Crippen molar-refractivity contribution < 1.29 is 9.90 Å². The normalized spacial score (nSPS) is 11.0. The maximum Gasteiger partial charge on any atom is 0.322 e. The number of hydrogen-bond donors (Lipinski definition) is 3. The molecule has 0 unspecified atom stereocenters. The van der Waals surface area contributed by atoms with E-state index in [1.165, 1.54) is 7.05 Å². The highest BCUT2D eigenvalue weighted by Gasteiger charge is 1.94. The third kappa shape index (κ3) is 4.60. The highest BCUT2D eigenvalue weighted by molar-refractivity contribution is 5.82. The van der Waals surface area contributed by atoms with Gasteiger partial charge in [-0.3, -0.25) is 9.79 Å². The molecule has 0 saturated carbocycles. The minimum absolute atomic E-state index is 0.136. The maximum absolute atomic E-state index is 9.85. The molecule has 0 aromatic carbocycles. The first kappa shape index (κ1) is 7.74. The molecule has 5 heteroatoms. The standard InChI is InChI=1S/C4H9N3O2/c1-6-4(5)7-2-3(8)9/h2H2,1H3,(H,8,9)(H3,5,6,7). The van der Waals surface area contributed by atoms with Crippen LogP contribution < -0.4 is 11.1 Å². The molecule has 0 aromatic heterocycles. The predicted octanol–water partition coefficient (Wildman–Crippen LogP) is -1.39. The van der Waals surface area contributed by atoms with Gasteiger partial charge in [-0.1, -0.05) is 0 Å². The van der Waals surface area contributed by atoms with Crippen LogP contribution >= 0.6 is 0 Å². The molecule has 0 atom stereocenters. The minimum Gasteiger partial charge on any atom is -0.480 e. The van der Waals surface area contributed by atoms with Gasteiger partial charge < -0.3 is 16.2 Å². The van der Waals surface area contributed by atoms with Gasteiger partial charge in [0.15, 0.2) is 5.96 Å². The molecule has 0 bridgehead atoms. The summed E-state index contributed by atoms with van der Waals surface area (Å²) >= 11 is 0. The van der Waals surface area contributed by atoms with Gasteiger partial charge in [-0.05, 0) is 0 Å². The van der Waals surface area contributed by atoms with Gasteiger partial charge in [0, 0.05) is 7.05 Å². The molecule has 4 N–H and O–H groups in total. The number of rotatable bonds is 2. The lowest BCUT2D eigenvalue weighted by molar-refractivity contribution is -0.135. The first-order valence-corrected chi connectivity index (χ1v) is 2.34. The summed E-state index contributed by atoms with van der Waals surface area (Å²) < 4.78 is 0. The smallest absolute Gasteiger partial charge is 0.322 e. The lowest BCUT2D eigenvalue weighted by Crippen LogP contribution is -2.35. The Morgan fingerprint density at radius 1 is 1.89 bits per heavy atom. The molecule has 0 rings (SSSR count). The molecule has 9 heavy (non-hydrogen) atoms. The molecular weight excluding hydrogens is 122 g/mol. The van der Waals surface area contributed by atoms with Gasteiger partial charge in [0.25, 0.3) is 0 Å². The predicted molar refractivity (Wildman–Crippen MR) is 33.2 cm³/mol. The van der Waals surface area contributed by atoms with Crippen LogP contribution in [0, 0.1) is 0 Å². The summed E-state index contributed by atoms with van der Waals surface area (Å²) in [6, 6.07) is 0. The third-order valence-electron chi connectivity index (χ3n) is 0.662. The monoisotopic (exact) mass is 131 g/mol. The molecule has 0 aliphatic carbocycles. The Balaban J connectivity index is 3.39. The van der Waals surface area contributed by atoms with Crippen molar-refractivity contribution in [2.75, 3.05) is 13.6 Å². The summed E-state index contributed by atoms with van der Waals surface area (Å²) in [5.74, 6) is -0.820. The van der Waals surface area contributed by atoms with Crippen LogP contribution in [-0.2, 0) is 4.79 Å². The van der Waals surface area contributed by atoms with E-state index in [1.54, 1.807) is 0 Å². The van der Waals surface area contributed by atoms with Crippen molar-refractivity contribution in [3.05, 3.63) is 0 Å². The van der Waals surface area contributed by atoms with E-state index < -0.39 is 5.97 Å². The summed E-state index contributed by atoms with van der Waals surface area (Å²) in [7, 11) is 1.48. The molecule has 0 fully saturated rings. The molecule has 0 spiro atoms. The molecule has 0 amide bonds. The van der Waals surface area contributed by atoms with E-state index in [-0.39, 0.29) is 12.5 Å². The van der Waals surface area contributed by atoms with Crippen LogP contribution in [0.3, 0.4) is 0 Å². The number of guanidine groups is 1. The van der Waals surface area contributed by atoms with Crippen molar-refractivity contribution in [3.8, 4) is 0 Å². The van der Waals surface area contributed by atoms with Crippen LogP contribution in [0.25, 0.3) is 0 Å². The first-order chi connectivity index (χ1) is 4.16. The Labute approximate surface area is 52.6 Å². The molecule has 0 heterocycles. The number of nitrogens with zero attached hydrogens (tertiary/aromatic N) is 1. The van der Waals surface area contributed by atoms with E-state index in [1.807, 2.05) is 0 Å². The number of carboxylic acid groups (broad SMARTS) is 1. The van der Waals surface area contributed by atoms with E-state index >= 15 is 0 Å². The van der Waals surface area contributed by atoms with E-state index in [4.69, 9.17) is 10.8 Å². The van der Waals surface area contributed by atoms with Crippen molar-refractivity contribution in [1.29, 1.82) is 0 Å². The van der Waals surface area contributed by atoms with Gasteiger partial charge in [-0.15, -0.1) is 0 Å². The molecule has 0 saturated heterocycles. The molecule has 0 aliphatic heterocycles. The Kier molecular flexibility index (Phi) is 3.19. The van der Waals surface area contributed by atoms with Gasteiger partial charge in [0.2, 0.25) is 0 Å². The van der Waals surface area contributed by atoms with E-state index in [2.05, 4.69) is 10.3 Å². The average molecular weight is 131 g/mol. The zero-order chi connectivity index (χ0) is 7.28. The fraction of sp³-hybridized carbons (Fsp3) is 0.500. The van der Waals surface area contributed by atoms with Crippen LogP contribution in [0.5, 0.6) is 0 Å². The van der Waals surface area contributed by atoms with Crippen LogP contribution in [0.4, 0.5) is 0 Å². The minimum atomic E-state index is -0.957. The van der Waals surface area contributed by atoms with Crippen molar-refractivity contribution in [2.45, 2.75) is 0 Å². The maximum atomic E-state index is 9.85. The second-order valence-corrected chi connectivity index (χ2v) is 1.36. The van der Waals surface area contributed by atoms with E-state index in [9.17, 15) is 4.79 Å². The van der Waals surface area contributed by atoms with E-state index in [0.29, 0.717) is 0 Å². The summed E-state index contributed by atoms with van der Waals surface area (Å²) in [5, 5.41) is 10.4. The number of hydrogen-bond acceptors (Lipinski definition) is 2. The lowest BCUT2D eigenvalue weighted by Gasteiger charge is -1.97. The highest BCUT2D eigenvalue weighted by Crippen LogP contribution is 1.60. The topological polar surface area (TPSA) is 87.7 Å². The Bertz CT molecular complexity index is 132. The zero-order valence-electron chi connectivity index (χ0n) is 5.09. The summed E-state index contributed by atoms with van der Waals surface area (Å²) in [4.78, 5) is 13.3. The van der Waals surface area contributed by atoms with Crippen molar-refractivity contribution in [3.63, 3.8) is 0 Å². The number of aliphatic imine (C=N–C) groups is 1. The average Bonchev–Trinajstić information content (AvgIpc) is 1.83. The van der Waals surface area contributed by atoms with Gasteiger partial charge in [0.05, 0.1) is 0 Å². The first-order valence-electron chi connectivity index (χ1n) is 2.34. The second-order valence-electron chi connectivity index (χ2n) is 1.36. The summed E-state index contributed by atoms with van der Waals surface area (Å²) in [6.07, 6.45) is 0. The lowest BCUT2D eigenvalue weighted by atomic mass is 10.6. The quantitative estimate of drug-likeness (QED) is 0.318. The molecule has 0 aliphatic rings. The van der Waals surface area contributed by atoms with Crippen LogP contribution in [0.15, 0.2) is 4.99 Å². The van der Waals surface area contributed by atoms with Gasteiger partial charge in [-0.2, -0.15) is 0 Å². The van der Waals surface area contributed by atoms with Crippen LogP contribution in [0.1, 0.15) is 0 Å². The number of carbonyl (C=O) groups is 1. The largest absolute Gasteiger partial charge is 0.480 e. The number of carboxylic acids is 1. The number of aliphatic carboxylic acids is 1. The Morgan fingerprint density at radius 3 is 2.78 bits per heavy atom.